The molecule has 32 heavy (non-hydrogen) atoms. The lowest BCUT2D eigenvalue weighted by Gasteiger charge is -2.40. The molecular formula is C26H28F2N2O2. The van der Waals surface area contributed by atoms with Gasteiger partial charge in [0.05, 0.1) is 6.26 Å². The summed E-state index contributed by atoms with van der Waals surface area (Å²) in [7, 11) is 1.74. The van der Waals surface area contributed by atoms with Gasteiger partial charge in [0.2, 0.25) is 0 Å². The summed E-state index contributed by atoms with van der Waals surface area (Å²) >= 11 is 0. The Kier molecular flexibility index (Phi) is 7.00. The number of carbonyl (C=O) groups excluding carboxylic acids is 1. The average Bonchev–Trinajstić information content (AvgIpc) is 3.34. The van der Waals surface area contributed by atoms with Crippen LogP contribution in [0.1, 0.15) is 34.5 Å². The molecule has 1 unspecified atom stereocenters. The van der Waals surface area contributed by atoms with Crippen molar-refractivity contribution in [2.45, 2.75) is 31.8 Å². The summed E-state index contributed by atoms with van der Waals surface area (Å²) < 4.78 is 33.2. The van der Waals surface area contributed by atoms with Crippen LogP contribution in [0.15, 0.2) is 71.3 Å². The number of benzene rings is 2. The van der Waals surface area contributed by atoms with E-state index in [4.69, 9.17) is 4.42 Å². The fourth-order valence-electron chi connectivity index (χ4n) is 4.59. The molecule has 168 valence electrons. The molecule has 1 amide bonds. The van der Waals surface area contributed by atoms with Crippen LogP contribution >= 0.6 is 0 Å². The van der Waals surface area contributed by atoms with E-state index in [1.807, 2.05) is 18.2 Å². The second-order valence-electron chi connectivity index (χ2n) is 8.50. The van der Waals surface area contributed by atoms with E-state index in [0.717, 1.165) is 38.5 Å². The van der Waals surface area contributed by atoms with Gasteiger partial charge in [-0.3, -0.25) is 9.69 Å². The van der Waals surface area contributed by atoms with Gasteiger partial charge in [-0.1, -0.05) is 36.4 Å². The van der Waals surface area contributed by atoms with Crippen LogP contribution in [-0.4, -0.2) is 41.9 Å². The topological polar surface area (TPSA) is 36.7 Å². The second kappa shape index (κ2) is 10.1. The summed E-state index contributed by atoms with van der Waals surface area (Å²) in [5, 5.41) is 0. The summed E-state index contributed by atoms with van der Waals surface area (Å²) in [4.78, 5) is 17.1. The Morgan fingerprint density at radius 2 is 1.84 bits per heavy atom. The van der Waals surface area contributed by atoms with Gasteiger partial charge in [0, 0.05) is 25.7 Å². The molecule has 4 rings (SSSR count). The molecule has 2 heterocycles. The van der Waals surface area contributed by atoms with Crippen LogP contribution in [0.5, 0.6) is 0 Å². The first-order valence-corrected chi connectivity index (χ1v) is 11.0. The zero-order chi connectivity index (χ0) is 22.5. The number of rotatable bonds is 7. The number of amides is 1. The fraction of sp³-hybridized carbons (Fsp3) is 0.346. The van der Waals surface area contributed by atoms with Crippen molar-refractivity contribution < 1.29 is 18.0 Å². The first-order valence-electron chi connectivity index (χ1n) is 11.0. The number of furan rings is 1. The van der Waals surface area contributed by atoms with Crippen LogP contribution in [0.2, 0.25) is 0 Å². The van der Waals surface area contributed by atoms with E-state index in [1.54, 1.807) is 24.1 Å². The van der Waals surface area contributed by atoms with Crippen LogP contribution < -0.4 is 0 Å². The quantitative estimate of drug-likeness (QED) is 0.512. The van der Waals surface area contributed by atoms with Gasteiger partial charge < -0.3 is 9.32 Å². The van der Waals surface area contributed by atoms with Gasteiger partial charge in [0.15, 0.2) is 5.76 Å². The largest absolute Gasteiger partial charge is 0.459 e. The highest BCUT2D eigenvalue weighted by Gasteiger charge is 2.33. The van der Waals surface area contributed by atoms with Crippen molar-refractivity contribution in [2.24, 2.45) is 5.92 Å². The number of carbonyl (C=O) groups is 1. The van der Waals surface area contributed by atoms with E-state index in [9.17, 15) is 13.6 Å². The normalized spacial score (nSPS) is 16.1. The molecule has 0 aliphatic carbocycles. The standard InChI is InChI=1S/C26H28F2N2O2/c1-29(26(31)25-8-5-15-32-25)24(16-21-9-10-22(27)17-23(21)28)20-11-13-30(14-12-20)18-19-6-3-2-4-7-19/h2-10,15,17,20,24H,11-14,16,18H2,1H3. The van der Waals surface area contributed by atoms with Gasteiger partial charge in [-0.05, 0) is 67.6 Å². The van der Waals surface area contributed by atoms with E-state index < -0.39 is 11.6 Å². The van der Waals surface area contributed by atoms with Gasteiger partial charge in [-0.15, -0.1) is 0 Å². The molecule has 0 radical (unpaired) electrons. The Hall–Kier alpha value is -2.99. The third-order valence-electron chi connectivity index (χ3n) is 6.42. The molecule has 4 nitrogen and oxygen atoms in total. The molecule has 1 aliphatic rings. The van der Waals surface area contributed by atoms with Crippen LogP contribution in [0.3, 0.4) is 0 Å². The summed E-state index contributed by atoms with van der Waals surface area (Å²) in [5.41, 5.74) is 1.70. The molecule has 1 aromatic heterocycles. The van der Waals surface area contributed by atoms with E-state index in [2.05, 4.69) is 17.0 Å². The molecule has 0 saturated carbocycles. The number of likely N-dealkylation sites (N-methyl/N-ethyl adjacent to an activating group) is 1. The van der Waals surface area contributed by atoms with Crippen molar-refractivity contribution in [2.75, 3.05) is 20.1 Å². The van der Waals surface area contributed by atoms with Gasteiger partial charge in [0.25, 0.3) is 5.91 Å². The SMILES string of the molecule is CN(C(=O)c1ccco1)C(Cc1ccc(F)cc1F)C1CCN(Cc2ccccc2)CC1. The molecule has 1 aliphatic heterocycles. The van der Waals surface area contributed by atoms with Crippen molar-refractivity contribution in [3.8, 4) is 0 Å². The molecule has 0 N–H and O–H groups in total. The minimum atomic E-state index is -0.600. The number of nitrogens with zero attached hydrogens (tertiary/aromatic N) is 2. The first-order chi connectivity index (χ1) is 15.5. The Balaban J connectivity index is 1.49. The Morgan fingerprint density at radius 1 is 1.09 bits per heavy atom. The zero-order valence-electron chi connectivity index (χ0n) is 18.2. The van der Waals surface area contributed by atoms with Crippen molar-refractivity contribution in [3.05, 3.63) is 95.4 Å². The molecular weight excluding hydrogens is 410 g/mol. The highest BCUT2D eigenvalue weighted by molar-refractivity contribution is 5.91. The Labute approximate surface area is 187 Å². The molecule has 2 aromatic carbocycles. The molecule has 3 aromatic rings. The maximum Gasteiger partial charge on any atom is 0.289 e. The van der Waals surface area contributed by atoms with Crippen LogP contribution in [0.25, 0.3) is 0 Å². The Bertz CT molecular complexity index is 1020. The third-order valence-corrected chi connectivity index (χ3v) is 6.42. The van der Waals surface area contributed by atoms with E-state index >= 15 is 0 Å². The zero-order valence-corrected chi connectivity index (χ0v) is 18.2. The van der Waals surface area contributed by atoms with Crippen molar-refractivity contribution in [1.82, 2.24) is 9.80 Å². The lowest BCUT2D eigenvalue weighted by Crippen LogP contribution is -2.47. The Morgan fingerprint density at radius 3 is 2.50 bits per heavy atom. The number of piperidine rings is 1. The smallest absolute Gasteiger partial charge is 0.289 e. The second-order valence-corrected chi connectivity index (χ2v) is 8.50. The van der Waals surface area contributed by atoms with Crippen molar-refractivity contribution >= 4 is 5.91 Å². The van der Waals surface area contributed by atoms with E-state index in [1.165, 1.54) is 24.0 Å². The van der Waals surface area contributed by atoms with Gasteiger partial charge in [-0.25, -0.2) is 8.78 Å². The number of likely N-dealkylation sites (tertiary alicyclic amines) is 1. The maximum absolute atomic E-state index is 14.5. The molecule has 1 saturated heterocycles. The minimum absolute atomic E-state index is 0.204. The molecule has 0 bridgehead atoms. The van der Waals surface area contributed by atoms with Crippen molar-refractivity contribution in [3.63, 3.8) is 0 Å². The molecule has 1 fully saturated rings. The highest BCUT2D eigenvalue weighted by atomic mass is 19.1. The average molecular weight is 439 g/mol. The maximum atomic E-state index is 14.5. The number of hydrogen-bond donors (Lipinski definition) is 0. The van der Waals surface area contributed by atoms with Gasteiger partial charge in [0.1, 0.15) is 11.6 Å². The van der Waals surface area contributed by atoms with Crippen molar-refractivity contribution in [1.29, 1.82) is 0 Å². The minimum Gasteiger partial charge on any atom is -0.459 e. The molecule has 1 atom stereocenters. The first kappa shape index (κ1) is 22.2. The molecule has 0 spiro atoms. The van der Waals surface area contributed by atoms with Gasteiger partial charge >= 0.3 is 0 Å². The molecule has 6 heteroatoms. The predicted octanol–water partition coefficient (Wildman–Crippen LogP) is 5.15. The third kappa shape index (κ3) is 5.25. The van der Waals surface area contributed by atoms with E-state index in [0.29, 0.717) is 12.0 Å². The highest BCUT2D eigenvalue weighted by Crippen LogP contribution is 2.29. The van der Waals surface area contributed by atoms with Crippen LogP contribution in [0.4, 0.5) is 8.78 Å². The number of hydrogen-bond acceptors (Lipinski definition) is 3. The number of halogens is 2. The summed E-state index contributed by atoms with van der Waals surface area (Å²) in [6.07, 6.45) is 3.60. The van der Waals surface area contributed by atoms with Gasteiger partial charge in [-0.2, -0.15) is 0 Å². The van der Waals surface area contributed by atoms with Crippen LogP contribution in [0, 0.1) is 17.6 Å². The summed E-state index contributed by atoms with van der Waals surface area (Å²) in [5.74, 6) is -0.935. The lowest BCUT2D eigenvalue weighted by molar-refractivity contribution is 0.0554. The monoisotopic (exact) mass is 438 g/mol. The summed E-state index contributed by atoms with van der Waals surface area (Å²) in [6.45, 7) is 2.71. The lowest BCUT2D eigenvalue weighted by atomic mass is 9.84. The summed E-state index contributed by atoms with van der Waals surface area (Å²) in [6, 6.07) is 17.1. The predicted molar refractivity (Wildman–Crippen MR) is 119 cm³/mol. The van der Waals surface area contributed by atoms with E-state index in [-0.39, 0.29) is 23.6 Å². The fourth-order valence-corrected chi connectivity index (χ4v) is 4.59. The van der Waals surface area contributed by atoms with Crippen LogP contribution in [-0.2, 0) is 13.0 Å².